The van der Waals surface area contributed by atoms with Gasteiger partial charge < -0.3 is 15.0 Å². The minimum absolute atomic E-state index is 0.0541. The number of anilines is 2. The maximum absolute atomic E-state index is 12.2. The first-order valence-electron chi connectivity index (χ1n) is 11.2. The molecule has 4 rings (SSSR count). The molecule has 1 fully saturated rings. The van der Waals surface area contributed by atoms with Gasteiger partial charge in [-0.2, -0.15) is 10.2 Å². The van der Waals surface area contributed by atoms with Crippen molar-refractivity contribution in [3.63, 3.8) is 0 Å². The average molecular weight is 512 g/mol. The van der Waals surface area contributed by atoms with Gasteiger partial charge in [0.15, 0.2) is 9.84 Å². The van der Waals surface area contributed by atoms with Gasteiger partial charge in [-0.15, -0.1) is 0 Å². The van der Waals surface area contributed by atoms with Crippen molar-refractivity contribution >= 4 is 33.1 Å². The Balaban J connectivity index is 1.78. The van der Waals surface area contributed by atoms with Crippen molar-refractivity contribution in [1.29, 1.82) is 5.26 Å². The molecule has 0 saturated carbocycles. The summed E-state index contributed by atoms with van der Waals surface area (Å²) in [6.07, 6.45) is 4.34. The number of nitrogens with one attached hydrogen (secondary N) is 1. The van der Waals surface area contributed by atoms with E-state index in [0.29, 0.717) is 22.9 Å². The van der Waals surface area contributed by atoms with Crippen molar-refractivity contribution in [2.75, 3.05) is 24.2 Å². The molecule has 1 N–H and O–H groups in total. The molecule has 1 aromatic heterocycles. The Labute approximate surface area is 210 Å². The fraction of sp³-hybridized carbons (Fsp3) is 0.320. The molecule has 0 spiro atoms. The second-order valence-corrected chi connectivity index (χ2v) is 11.0. The monoisotopic (exact) mass is 511 g/mol. The van der Waals surface area contributed by atoms with Crippen molar-refractivity contribution < 1.29 is 13.2 Å². The summed E-state index contributed by atoms with van der Waals surface area (Å²) in [6.45, 7) is 5.37. The largest absolute Gasteiger partial charge is 0.437 e. The number of rotatable bonds is 6. The number of aryl methyl sites for hydroxylation is 2. The highest BCUT2D eigenvalue weighted by Gasteiger charge is 2.27. The summed E-state index contributed by atoms with van der Waals surface area (Å²) in [5.41, 5.74) is 2.80. The Morgan fingerprint density at radius 1 is 1.17 bits per heavy atom. The molecule has 0 amide bonds. The molecular weight excluding hydrogens is 486 g/mol. The van der Waals surface area contributed by atoms with Gasteiger partial charge in [0.2, 0.25) is 11.8 Å². The van der Waals surface area contributed by atoms with Gasteiger partial charge in [0, 0.05) is 18.0 Å². The highest BCUT2D eigenvalue weighted by Crippen LogP contribution is 2.36. The first-order valence-corrected chi connectivity index (χ1v) is 13.5. The topological polar surface area (TPSA) is 108 Å². The predicted molar refractivity (Wildman–Crippen MR) is 135 cm³/mol. The lowest BCUT2D eigenvalue weighted by molar-refractivity contribution is 0.439. The molecule has 0 aliphatic carbocycles. The standard InChI is InChI=1S/C25H26ClN5O3S/c1-16-11-18(14-27)12-17(2)23(16)34-24-22(26)15-29-25(30-24)31(19-7-9-28-10-8-19)20-5-4-6-21(13-20)35(3,32)33/h4-6,11-13,15,19,28H,7-10H2,1-3H3. The molecule has 1 saturated heterocycles. The van der Waals surface area contributed by atoms with Crippen LogP contribution >= 0.6 is 11.6 Å². The number of halogens is 1. The van der Waals surface area contributed by atoms with Crippen molar-refractivity contribution in [3.05, 3.63) is 64.3 Å². The van der Waals surface area contributed by atoms with Gasteiger partial charge in [-0.1, -0.05) is 17.7 Å². The molecule has 0 radical (unpaired) electrons. The molecule has 3 aromatic rings. The van der Waals surface area contributed by atoms with Crippen LogP contribution < -0.4 is 15.0 Å². The molecular formula is C25H26ClN5O3S. The summed E-state index contributed by atoms with van der Waals surface area (Å²) in [6, 6.07) is 12.5. The Morgan fingerprint density at radius 2 is 1.86 bits per heavy atom. The molecule has 2 heterocycles. The lowest BCUT2D eigenvalue weighted by Crippen LogP contribution is -2.41. The Kier molecular flexibility index (Phi) is 7.26. The van der Waals surface area contributed by atoms with E-state index < -0.39 is 9.84 Å². The van der Waals surface area contributed by atoms with Crippen LogP contribution in [0.4, 0.5) is 11.6 Å². The van der Waals surface area contributed by atoms with Crippen LogP contribution in [0.2, 0.25) is 5.02 Å². The molecule has 1 aliphatic heterocycles. The van der Waals surface area contributed by atoms with Gasteiger partial charge >= 0.3 is 0 Å². The smallest absolute Gasteiger partial charge is 0.243 e. The fourth-order valence-corrected chi connectivity index (χ4v) is 5.01. The highest BCUT2D eigenvalue weighted by atomic mass is 35.5. The van der Waals surface area contributed by atoms with Gasteiger partial charge in [-0.05, 0) is 81.2 Å². The van der Waals surface area contributed by atoms with Crippen LogP contribution in [0.1, 0.15) is 29.5 Å². The number of nitrogens with zero attached hydrogens (tertiary/aromatic N) is 4. The molecule has 0 bridgehead atoms. The van der Waals surface area contributed by atoms with Crippen molar-refractivity contribution in [3.8, 4) is 17.7 Å². The minimum atomic E-state index is -3.39. The maximum Gasteiger partial charge on any atom is 0.243 e. The highest BCUT2D eigenvalue weighted by molar-refractivity contribution is 7.90. The van der Waals surface area contributed by atoms with Gasteiger partial charge in [-0.25, -0.2) is 13.4 Å². The van der Waals surface area contributed by atoms with Crippen LogP contribution in [0.25, 0.3) is 0 Å². The fourth-order valence-electron chi connectivity index (χ4n) is 4.22. The summed E-state index contributed by atoms with van der Waals surface area (Å²) in [5, 5.41) is 12.8. The summed E-state index contributed by atoms with van der Waals surface area (Å²) in [5.74, 6) is 1.12. The van der Waals surface area contributed by atoms with Gasteiger partial charge in [0.25, 0.3) is 0 Å². The van der Waals surface area contributed by atoms with Crippen LogP contribution in [0, 0.1) is 25.2 Å². The SMILES string of the molecule is Cc1cc(C#N)cc(C)c1Oc1nc(N(c2cccc(S(C)(=O)=O)c2)C2CCNCC2)ncc1Cl. The number of aromatic nitrogens is 2. The van der Waals surface area contributed by atoms with Crippen LogP contribution in [0.5, 0.6) is 11.6 Å². The summed E-state index contributed by atoms with van der Waals surface area (Å²) in [4.78, 5) is 11.3. The van der Waals surface area contributed by atoms with E-state index >= 15 is 0 Å². The number of benzene rings is 2. The first-order chi connectivity index (χ1) is 16.7. The number of hydrogen-bond acceptors (Lipinski definition) is 8. The van der Waals surface area contributed by atoms with E-state index in [1.165, 1.54) is 12.5 Å². The van der Waals surface area contributed by atoms with Crippen molar-refractivity contribution in [2.45, 2.75) is 37.6 Å². The molecule has 10 heteroatoms. The van der Waals surface area contributed by atoms with Crippen LogP contribution in [-0.4, -0.2) is 43.8 Å². The zero-order valence-electron chi connectivity index (χ0n) is 19.7. The van der Waals surface area contributed by atoms with Crippen molar-refractivity contribution in [2.24, 2.45) is 0 Å². The zero-order chi connectivity index (χ0) is 25.2. The van der Waals surface area contributed by atoms with Crippen LogP contribution in [0.3, 0.4) is 0 Å². The quantitative estimate of drug-likeness (QED) is 0.507. The van der Waals surface area contributed by atoms with E-state index in [1.54, 1.807) is 30.3 Å². The van der Waals surface area contributed by atoms with Gasteiger partial charge in [0.1, 0.15) is 10.8 Å². The molecule has 182 valence electrons. The number of nitriles is 1. The van der Waals surface area contributed by atoms with Gasteiger partial charge in [0.05, 0.1) is 22.7 Å². The predicted octanol–water partition coefficient (Wildman–Crippen LogP) is 4.70. The normalized spacial score (nSPS) is 14.4. The molecule has 0 atom stereocenters. The van der Waals surface area contributed by atoms with Gasteiger partial charge in [-0.3, -0.25) is 0 Å². The van der Waals surface area contributed by atoms with Crippen LogP contribution in [0.15, 0.2) is 47.5 Å². The molecule has 0 unspecified atom stereocenters. The average Bonchev–Trinajstić information content (AvgIpc) is 2.83. The third-order valence-electron chi connectivity index (χ3n) is 5.90. The third kappa shape index (κ3) is 5.56. The number of sulfone groups is 1. The Bertz CT molecular complexity index is 1380. The summed E-state index contributed by atoms with van der Waals surface area (Å²) in [7, 11) is -3.39. The second-order valence-electron chi connectivity index (χ2n) is 8.60. The zero-order valence-corrected chi connectivity index (χ0v) is 21.3. The van der Waals surface area contributed by atoms with Crippen molar-refractivity contribution in [1.82, 2.24) is 15.3 Å². The molecule has 8 nitrogen and oxygen atoms in total. The maximum atomic E-state index is 12.2. The lowest BCUT2D eigenvalue weighted by atomic mass is 10.0. The summed E-state index contributed by atoms with van der Waals surface area (Å²) >= 11 is 6.42. The number of hydrogen-bond donors (Lipinski definition) is 1. The number of piperidine rings is 1. The van der Waals surface area contributed by atoms with Crippen LogP contribution in [-0.2, 0) is 9.84 Å². The Hall–Kier alpha value is -3.19. The molecule has 1 aliphatic rings. The van der Waals surface area contributed by atoms with E-state index in [1.807, 2.05) is 24.8 Å². The van der Waals surface area contributed by atoms with E-state index in [9.17, 15) is 13.7 Å². The van der Waals surface area contributed by atoms with E-state index in [4.69, 9.17) is 16.3 Å². The Morgan fingerprint density at radius 3 is 2.49 bits per heavy atom. The molecule has 2 aromatic carbocycles. The lowest BCUT2D eigenvalue weighted by Gasteiger charge is -2.35. The third-order valence-corrected chi connectivity index (χ3v) is 7.27. The van der Waals surface area contributed by atoms with E-state index in [-0.39, 0.29) is 21.8 Å². The molecule has 35 heavy (non-hydrogen) atoms. The summed E-state index contributed by atoms with van der Waals surface area (Å²) < 4.78 is 30.6. The van der Waals surface area contributed by atoms with E-state index in [0.717, 1.165) is 37.1 Å². The second kappa shape index (κ2) is 10.2. The first kappa shape index (κ1) is 24.9. The minimum Gasteiger partial charge on any atom is -0.437 e. The van der Waals surface area contributed by atoms with E-state index in [2.05, 4.69) is 21.4 Å². The number of ether oxygens (including phenoxy) is 1.